The summed E-state index contributed by atoms with van der Waals surface area (Å²) >= 11 is 0. The molecule has 3 rings (SSSR count). The van der Waals surface area contributed by atoms with E-state index in [4.69, 9.17) is 0 Å². The topological polar surface area (TPSA) is 56.7 Å². The van der Waals surface area contributed by atoms with Crippen LogP contribution in [0.25, 0.3) is 0 Å². The van der Waals surface area contributed by atoms with Crippen LogP contribution in [-0.4, -0.2) is 58.0 Å². The molecule has 0 bridgehead atoms. The minimum Gasteiger partial charge on any atom is -0.506 e. The summed E-state index contributed by atoms with van der Waals surface area (Å²) in [7, 11) is 0. The quantitative estimate of drug-likeness (QED) is 0.888. The highest BCUT2D eigenvalue weighted by molar-refractivity contribution is 5.94. The van der Waals surface area contributed by atoms with Crippen molar-refractivity contribution in [3.63, 3.8) is 0 Å². The van der Waals surface area contributed by atoms with Crippen molar-refractivity contribution in [1.82, 2.24) is 14.8 Å². The van der Waals surface area contributed by atoms with E-state index in [0.29, 0.717) is 11.6 Å². The number of hydrogen-bond acceptors (Lipinski definition) is 4. The fourth-order valence-electron chi connectivity index (χ4n) is 3.27. The van der Waals surface area contributed by atoms with Crippen LogP contribution >= 0.6 is 0 Å². The molecule has 1 amide bonds. The van der Waals surface area contributed by atoms with Crippen LogP contribution in [0.4, 0.5) is 0 Å². The van der Waals surface area contributed by atoms with Gasteiger partial charge in [-0.1, -0.05) is 0 Å². The van der Waals surface area contributed by atoms with Crippen molar-refractivity contribution in [1.29, 1.82) is 0 Å². The van der Waals surface area contributed by atoms with E-state index >= 15 is 0 Å². The molecule has 2 aliphatic heterocycles. The van der Waals surface area contributed by atoms with Gasteiger partial charge in [-0.2, -0.15) is 0 Å². The Bertz CT molecular complexity index is 486. The maximum atomic E-state index is 12.5. The van der Waals surface area contributed by atoms with E-state index in [1.165, 1.54) is 50.8 Å². The fourth-order valence-corrected chi connectivity index (χ4v) is 3.27. The van der Waals surface area contributed by atoms with E-state index in [-0.39, 0.29) is 11.7 Å². The highest BCUT2D eigenvalue weighted by atomic mass is 16.3. The number of aromatic hydroxyl groups is 1. The van der Waals surface area contributed by atoms with Crippen LogP contribution in [0.5, 0.6) is 5.75 Å². The number of carbonyl (C=O) groups is 1. The highest BCUT2D eigenvalue weighted by Gasteiger charge is 2.29. The predicted molar refractivity (Wildman–Crippen MR) is 75.6 cm³/mol. The number of piperidine rings is 1. The van der Waals surface area contributed by atoms with Crippen molar-refractivity contribution < 1.29 is 9.90 Å². The molecule has 5 nitrogen and oxygen atoms in total. The number of aromatic nitrogens is 1. The predicted octanol–water partition coefficient (Wildman–Crippen LogP) is 1.49. The number of pyridine rings is 1. The maximum Gasteiger partial charge on any atom is 0.255 e. The third kappa shape index (κ3) is 2.77. The molecule has 108 valence electrons. The van der Waals surface area contributed by atoms with Gasteiger partial charge >= 0.3 is 0 Å². The Morgan fingerprint density at radius 3 is 2.75 bits per heavy atom. The molecule has 1 unspecified atom stereocenters. The lowest BCUT2D eigenvalue weighted by molar-refractivity contribution is 0.0607. The van der Waals surface area contributed by atoms with E-state index in [1.54, 1.807) is 0 Å². The zero-order valence-corrected chi connectivity index (χ0v) is 11.7. The van der Waals surface area contributed by atoms with Crippen LogP contribution in [0.3, 0.4) is 0 Å². The molecule has 2 saturated heterocycles. The van der Waals surface area contributed by atoms with Crippen LogP contribution in [0.15, 0.2) is 18.5 Å². The number of rotatable bonds is 2. The maximum absolute atomic E-state index is 12.5. The van der Waals surface area contributed by atoms with Crippen molar-refractivity contribution in [3.05, 3.63) is 24.0 Å². The smallest absolute Gasteiger partial charge is 0.255 e. The minimum atomic E-state index is -0.0164. The molecule has 2 aliphatic rings. The molecule has 1 aromatic rings. The van der Waals surface area contributed by atoms with Gasteiger partial charge in [-0.15, -0.1) is 0 Å². The molecule has 0 spiro atoms. The van der Waals surface area contributed by atoms with Crippen LogP contribution in [0.2, 0.25) is 0 Å². The average molecular weight is 275 g/mol. The zero-order chi connectivity index (χ0) is 13.9. The number of hydrogen-bond donors (Lipinski definition) is 1. The van der Waals surface area contributed by atoms with Gasteiger partial charge < -0.3 is 10.0 Å². The summed E-state index contributed by atoms with van der Waals surface area (Å²) in [5, 5.41) is 9.44. The van der Waals surface area contributed by atoms with Crippen LogP contribution in [0.1, 0.15) is 36.0 Å². The molecule has 1 N–H and O–H groups in total. The Morgan fingerprint density at radius 2 is 2.00 bits per heavy atom. The first kappa shape index (κ1) is 13.4. The molecule has 2 fully saturated rings. The monoisotopic (exact) mass is 275 g/mol. The van der Waals surface area contributed by atoms with Gasteiger partial charge in [0.25, 0.3) is 5.91 Å². The molecule has 3 heterocycles. The van der Waals surface area contributed by atoms with Gasteiger partial charge in [0.1, 0.15) is 5.75 Å². The third-order valence-corrected chi connectivity index (χ3v) is 4.31. The van der Waals surface area contributed by atoms with Gasteiger partial charge in [-0.3, -0.25) is 14.7 Å². The molecule has 1 atom stereocenters. The Hall–Kier alpha value is -1.62. The first-order valence-corrected chi connectivity index (χ1v) is 7.41. The van der Waals surface area contributed by atoms with Gasteiger partial charge in [-0.05, 0) is 44.8 Å². The Labute approximate surface area is 119 Å². The first-order valence-electron chi connectivity index (χ1n) is 7.41. The molecule has 0 saturated carbocycles. The van der Waals surface area contributed by atoms with Crippen LogP contribution < -0.4 is 0 Å². The summed E-state index contributed by atoms with van der Waals surface area (Å²) in [5.41, 5.74) is 0.479. The first-order chi connectivity index (χ1) is 9.74. The molecule has 20 heavy (non-hydrogen) atoms. The largest absolute Gasteiger partial charge is 0.506 e. The number of nitrogens with zero attached hydrogens (tertiary/aromatic N) is 3. The summed E-state index contributed by atoms with van der Waals surface area (Å²) < 4.78 is 0. The lowest BCUT2D eigenvalue weighted by Crippen LogP contribution is -2.49. The average Bonchev–Trinajstić information content (AvgIpc) is 3.01. The summed E-state index contributed by atoms with van der Waals surface area (Å²) in [5.74, 6) is 0.0289. The normalized spacial score (nSPS) is 24.0. The SMILES string of the molecule is O=C(c1cncc(O)c1)N1CCCC(N2CCCC2)C1. The standard InChI is InChI=1S/C15H21N3O2/c19-14-8-12(9-16-10-14)15(20)18-7-3-4-13(11-18)17-5-1-2-6-17/h8-10,13,19H,1-7,11H2. The van der Waals surface area contributed by atoms with Gasteiger partial charge in [0.2, 0.25) is 0 Å². The van der Waals surface area contributed by atoms with Crippen LogP contribution in [0, 0.1) is 0 Å². The number of carbonyl (C=O) groups excluding carboxylic acids is 1. The molecule has 5 heteroatoms. The molecule has 0 aliphatic carbocycles. The lowest BCUT2D eigenvalue weighted by Gasteiger charge is -2.37. The van der Waals surface area contributed by atoms with Crippen molar-refractivity contribution in [2.24, 2.45) is 0 Å². The third-order valence-electron chi connectivity index (χ3n) is 4.31. The van der Waals surface area contributed by atoms with Crippen molar-refractivity contribution in [2.75, 3.05) is 26.2 Å². The van der Waals surface area contributed by atoms with Crippen molar-refractivity contribution >= 4 is 5.91 Å². The number of likely N-dealkylation sites (tertiary alicyclic amines) is 2. The van der Waals surface area contributed by atoms with Gasteiger partial charge in [0, 0.05) is 25.3 Å². The molecule has 1 aromatic heterocycles. The molecular formula is C15H21N3O2. The van der Waals surface area contributed by atoms with Crippen LogP contribution in [-0.2, 0) is 0 Å². The van der Waals surface area contributed by atoms with Crippen molar-refractivity contribution in [2.45, 2.75) is 31.7 Å². The number of amides is 1. The fraction of sp³-hybridized carbons (Fsp3) is 0.600. The van der Waals surface area contributed by atoms with E-state index in [0.717, 1.165) is 19.5 Å². The summed E-state index contributed by atoms with van der Waals surface area (Å²) in [4.78, 5) is 20.8. The second-order valence-corrected chi connectivity index (χ2v) is 5.72. The lowest BCUT2D eigenvalue weighted by atomic mass is 10.0. The van der Waals surface area contributed by atoms with Gasteiger partial charge in [-0.25, -0.2) is 0 Å². The molecular weight excluding hydrogens is 254 g/mol. The molecule has 0 radical (unpaired) electrons. The van der Waals surface area contributed by atoms with Gasteiger partial charge in [0.05, 0.1) is 11.8 Å². The highest BCUT2D eigenvalue weighted by Crippen LogP contribution is 2.22. The van der Waals surface area contributed by atoms with E-state index < -0.39 is 0 Å². The second-order valence-electron chi connectivity index (χ2n) is 5.72. The zero-order valence-electron chi connectivity index (χ0n) is 11.7. The Kier molecular flexibility index (Phi) is 3.87. The summed E-state index contributed by atoms with van der Waals surface area (Å²) in [6, 6.07) is 2.00. The second kappa shape index (κ2) is 5.79. The Balaban J connectivity index is 1.68. The minimum absolute atomic E-state index is 0.0164. The summed E-state index contributed by atoms with van der Waals surface area (Å²) in [6.07, 6.45) is 7.67. The van der Waals surface area contributed by atoms with Crippen molar-refractivity contribution in [3.8, 4) is 5.75 Å². The summed E-state index contributed by atoms with van der Waals surface area (Å²) in [6.45, 7) is 3.94. The Morgan fingerprint density at radius 1 is 1.20 bits per heavy atom. The van der Waals surface area contributed by atoms with Gasteiger partial charge in [0.15, 0.2) is 0 Å². The van der Waals surface area contributed by atoms with E-state index in [2.05, 4.69) is 9.88 Å². The molecule has 0 aromatic carbocycles. The van der Waals surface area contributed by atoms with E-state index in [1.807, 2.05) is 4.90 Å². The van der Waals surface area contributed by atoms with E-state index in [9.17, 15) is 9.90 Å².